The molecule has 1 aliphatic heterocycles. The largest absolute Gasteiger partial charge is 0.311 e. The maximum Gasteiger partial charge on any atom is 0.166 e. The Morgan fingerprint density at radius 2 is 1.80 bits per heavy atom. The van der Waals surface area contributed by atoms with Crippen molar-refractivity contribution in [1.82, 2.24) is 15.2 Å². The summed E-state index contributed by atoms with van der Waals surface area (Å²) in [6.45, 7) is 4.82. The summed E-state index contributed by atoms with van der Waals surface area (Å²) < 4.78 is 0. The van der Waals surface area contributed by atoms with Crippen molar-refractivity contribution in [2.45, 2.75) is 19.4 Å². The minimum atomic E-state index is 0.141. The zero-order valence-electron chi connectivity index (χ0n) is 14.3. The van der Waals surface area contributed by atoms with Gasteiger partial charge in [0.1, 0.15) is 0 Å². The summed E-state index contributed by atoms with van der Waals surface area (Å²) in [5.41, 5.74) is 2.03. The van der Waals surface area contributed by atoms with Gasteiger partial charge in [0.15, 0.2) is 5.78 Å². The van der Waals surface area contributed by atoms with Gasteiger partial charge in [-0.15, -0.1) is 0 Å². The Bertz CT molecular complexity index is 667. The lowest BCUT2D eigenvalue weighted by Crippen LogP contribution is -2.39. The van der Waals surface area contributed by atoms with Crippen LogP contribution in [0.5, 0.6) is 0 Å². The number of likely N-dealkylation sites (tertiary alicyclic amines) is 1. The van der Waals surface area contributed by atoms with Gasteiger partial charge in [-0.3, -0.25) is 9.78 Å². The number of nitrogens with zero attached hydrogens (tertiary/aromatic N) is 2. The number of hydrogen-bond donors (Lipinski definition) is 1. The van der Waals surface area contributed by atoms with E-state index in [0.717, 1.165) is 51.1 Å². The molecule has 0 aliphatic carbocycles. The van der Waals surface area contributed by atoms with Crippen LogP contribution >= 0.6 is 11.6 Å². The van der Waals surface area contributed by atoms with E-state index in [2.05, 4.69) is 15.2 Å². The third kappa shape index (κ3) is 5.36. The second-order valence-electron chi connectivity index (χ2n) is 6.52. The first-order chi connectivity index (χ1) is 12.2. The standard InChI is InChI=1S/C20H24ClN3O/c21-19-3-1-17(2-4-19)20(25)18-7-12-24(13-8-18)14-11-23-15-16-5-9-22-10-6-16/h1-6,9-10,18,23H,7-8,11-15H2. The molecule has 0 amide bonds. The summed E-state index contributed by atoms with van der Waals surface area (Å²) in [5, 5.41) is 4.14. The Kier molecular flexibility index (Phi) is 6.56. The van der Waals surface area contributed by atoms with Gasteiger partial charge in [-0.2, -0.15) is 0 Å². The molecule has 1 aliphatic rings. The van der Waals surface area contributed by atoms with Crippen LogP contribution in [0.2, 0.25) is 5.02 Å². The number of benzene rings is 1. The van der Waals surface area contributed by atoms with Crippen LogP contribution in [0, 0.1) is 5.92 Å². The Morgan fingerprint density at radius 3 is 2.48 bits per heavy atom. The lowest BCUT2D eigenvalue weighted by Gasteiger charge is -2.31. The summed E-state index contributed by atoms with van der Waals surface area (Å²) >= 11 is 5.89. The van der Waals surface area contributed by atoms with E-state index in [9.17, 15) is 4.79 Å². The van der Waals surface area contributed by atoms with Gasteiger partial charge in [0.2, 0.25) is 0 Å². The molecule has 0 atom stereocenters. The fraction of sp³-hybridized carbons (Fsp3) is 0.400. The van der Waals surface area contributed by atoms with E-state index in [1.807, 2.05) is 36.7 Å². The molecule has 0 spiro atoms. The minimum Gasteiger partial charge on any atom is -0.311 e. The first-order valence-electron chi connectivity index (χ1n) is 8.84. The van der Waals surface area contributed by atoms with Crippen molar-refractivity contribution >= 4 is 17.4 Å². The van der Waals surface area contributed by atoms with Crippen LogP contribution < -0.4 is 5.32 Å². The second-order valence-corrected chi connectivity index (χ2v) is 6.96. The van der Waals surface area contributed by atoms with Crippen molar-refractivity contribution in [1.29, 1.82) is 0 Å². The van der Waals surface area contributed by atoms with E-state index in [-0.39, 0.29) is 11.7 Å². The number of rotatable bonds is 7. The molecule has 5 heteroatoms. The Balaban J connectivity index is 1.37. The highest BCUT2D eigenvalue weighted by molar-refractivity contribution is 6.30. The van der Waals surface area contributed by atoms with Crippen LogP contribution in [0.3, 0.4) is 0 Å². The van der Waals surface area contributed by atoms with Gasteiger partial charge in [0.25, 0.3) is 0 Å². The molecule has 4 nitrogen and oxygen atoms in total. The average Bonchev–Trinajstić information content (AvgIpc) is 2.67. The van der Waals surface area contributed by atoms with Gasteiger partial charge >= 0.3 is 0 Å². The van der Waals surface area contributed by atoms with Crippen LogP contribution in [-0.2, 0) is 6.54 Å². The van der Waals surface area contributed by atoms with Crippen LogP contribution in [0.15, 0.2) is 48.8 Å². The van der Waals surface area contributed by atoms with E-state index >= 15 is 0 Å². The highest BCUT2D eigenvalue weighted by Crippen LogP contribution is 2.22. The van der Waals surface area contributed by atoms with Crippen molar-refractivity contribution in [2.75, 3.05) is 26.2 Å². The fourth-order valence-electron chi connectivity index (χ4n) is 3.24. The molecule has 1 fully saturated rings. The third-order valence-corrected chi connectivity index (χ3v) is 5.02. The molecule has 1 aromatic heterocycles. The molecule has 132 valence electrons. The maximum absolute atomic E-state index is 12.6. The number of ketones is 1. The van der Waals surface area contributed by atoms with Crippen LogP contribution in [0.25, 0.3) is 0 Å². The number of halogens is 1. The lowest BCUT2D eigenvalue weighted by atomic mass is 9.89. The molecular formula is C20H24ClN3O. The molecule has 0 bridgehead atoms. The molecule has 1 saturated heterocycles. The molecule has 0 saturated carbocycles. The summed E-state index contributed by atoms with van der Waals surface area (Å²) in [4.78, 5) is 19.0. The van der Waals surface area contributed by atoms with Gasteiger partial charge in [-0.05, 0) is 67.9 Å². The zero-order valence-corrected chi connectivity index (χ0v) is 15.1. The maximum atomic E-state index is 12.6. The monoisotopic (exact) mass is 357 g/mol. The van der Waals surface area contributed by atoms with Gasteiger partial charge in [-0.1, -0.05) is 11.6 Å². The number of aromatic nitrogens is 1. The number of carbonyl (C=O) groups excluding carboxylic acids is 1. The number of piperidine rings is 1. The molecule has 3 rings (SSSR count). The highest BCUT2D eigenvalue weighted by Gasteiger charge is 2.25. The van der Waals surface area contributed by atoms with Crippen molar-refractivity contribution < 1.29 is 4.79 Å². The Labute approximate surface area is 154 Å². The summed E-state index contributed by atoms with van der Waals surface area (Å²) in [6.07, 6.45) is 5.51. The highest BCUT2D eigenvalue weighted by atomic mass is 35.5. The molecular weight excluding hydrogens is 334 g/mol. The predicted molar refractivity (Wildman–Crippen MR) is 101 cm³/mol. The van der Waals surface area contributed by atoms with Crippen LogP contribution in [0.1, 0.15) is 28.8 Å². The summed E-state index contributed by atoms with van der Waals surface area (Å²) in [5.74, 6) is 0.398. The zero-order chi connectivity index (χ0) is 17.5. The van der Waals surface area contributed by atoms with Gasteiger partial charge in [-0.25, -0.2) is 0 Å². The SMILES string of the molecule is O=C(c1ccc(Cl)cc1)C1CCN(CCNCc2ccncc2)CC1. The first kappa shape index (κ1) is 18.1. The predicted octanol–water partition coefficient (Wildman–Crippen LogP) is 3.42. The molecule has 1 aromatic carbocycles. The van der Waals surface area contributed by atoms with E-state index in [4.69, 9.17) is 11.6 Å². The smallest absolute Gasteiger partial charge is 0.166 e. The van der Waals surface area contributed by atoms with Crippen LogP contribution in [-0.4, -0.2) is 41.8 Å². The average molecular weight is 358 g/mol. The van der Waals surface area contributed by atoms with Gasteiger partial charge < -0.3 is 10.2 Å². The number of pyridine rings is 1. The Morgan fingerprint density at radius 1 is 1.12 bits per heavy atom. The minimum absolute atomic E-state index is 0.141. The van der Waals surface area contributed by atoms with Crippen molar-refractivity contribution in [3.05, 3.63) is 64.9 Å². The number of Topliss-reactive ketones (excluding diaryl/α,β-unsaturated/α-hetero) is 1. The molecule has 2 aromatic rings. The quantitative estimate of drug-likeness (QED) is 0.609. The molecule has 0 unspecified atom stereocenters. The number of hydrogen-bond acceptors (Lipinski definition) is 4. The molecule has 0 radical (unpaired) electrons. The van der Waals surface area contributed by atoms with Crippen molar-refractivity contribution in [3.8, 4) is 0 Å². The van der Waals surface area contributed by atoms with E-state index in [1.165, 1.54) is 5.56 Å². The van der Waals surface area contributed by atoms with Gasteiger partial charge in [0.05, 0.1) is 0 Å². The number of carbonyl (C=O) groups is 1. The normalized spacial score (nSPS) is 16.0. The second kappa shape index (κ2) is 9.09. The summed E-state index contributed by atoms with van der Waals surface area (Å²) in [6, 6.07) is 11.3. The van der Waals surface area contributed by atoms with Crippen molar-refractivity contribution in [3.63, 3.8) is 0 Å². The summed E-state index contributed by atoms with van der Waals surface area (Å²) in [7, 11) is 0. The molecule has 2 heterocycles. The number of nitrogens with one attached hydrogen (secondary N) is 1. The topological polar surface area (TPSA) is 45.2 Å². The first-order valence-corrected chi connectivity index (χ1v) is 9.22. The van der Waals surface area contributed by atoms with E-state index in [1.54, 1.807) is 12.1 Å². The fourth-order valence-corrected chi connectivity index (χ4v) is 3.37. The lowest BCUT2D eigenvalue weighted by molar-refractivity contribution is 0.0841. The molecule has 25 heavy (non-hydrogen) atoms. The van der Waals surface area contributed by atoms with Crippen molar-refractivity contribution in [2.24, 2.45) is 5.92 Å². The van der Waals surface area contributed by atoms with E-state index < -0.39 is 0 Å². The van der Waals surface area contributed by atoms with Crippen LogP contribution in [0.4, 0.5) is 0 Å². The third-order valence-electron chi connectivity index (χ3n) is 4.77. The van der Waals surface area contributed by atoms with Gasteiger partial charge in [0, 0.05) is 48.5 Å². The Hall–Kier alpha value is -1.75. The van der Waals surface area contributed by atoms with E-state index in [0.29, 0.717) is 5.02 Å². The molecule has 1 N–H and O–H groups in total.